The Kier molecular flexibility index (Phi) is 2.73. The van der Waals surface area contributed by atoms with Crippen LogP contribution in [0.3, 0.4) is 0 Å². The van der Waals surface area contributed by atoms with Gasteiger partial charge in [-0.15, -0.1) is 0 Å². The van der Waals surface area contributed by atoms with Crippen molar-refractivity contribution in [2.45, 2.75) is 18.9 Å². The van der Waals surface area contributed by atoms with E-state index in [4.69, 9.17) is 0 Å². The molecule has 1 aromatic heterocycles. The monoisotopic (exact) mass is 230 g/mol. The molecule has 90 valence electrons. The summed E-state index contributed by atoms with van der Waals surface area (Å²) in [5.41, 5.74) is 1.18. The number of aryl methyl sites for hydroxylation is 1. The fourth-order valence-corrected chi connectivity index (χ4v) is 2.50. The summed E-state index contributed by atoms with van der Waals surface area (Å²) in [6.07, 6.45) is 2.55. The van der Waals surface area contributed by atoms with Crippen molar-refractivity contribution in [2.75, 3.05) is 18.4 Å². The third-order valence-electron chi connectivity index (χ3n) is 3.44. The van der Waals surface area contributed by atoms with Gasteiger partial charge in [0.15, 0.2) is 5.82 Å². The van der Waals surface area contributed by atoms with Crippen LogP contribution in [0.15, 0.2) is 24.3 Å². The van der Waals surface area contributed by atoms with Crippen LogP contribution in [0.1, 0.15) is 12.8 Å². The summed E-state index contributed by atoms with van der Waals surface area (Å²) in [5.74, 6) is 0.997. The van der Waals surface area contributed by atoms with Crippen molar-refractivity contribution >= 4 is 16.7 Å². The Morgan fingerprint density at radius 1 is 1.47 bits per heavy atom. The van der Waals surface area contributed by atoms with E-state index in [2.05, 4.69) is 33.9 Å². The lowest BCUT2D eigenvalue weighted by Gasteiger charge is -2.10. The molecule has 4 nitrogen and oxygen atoms in total. The van der Waals surface area contributed by atoms with Gasteiger partial charge >= 0.3 is 0 Å². The molecule has 1 aromatic carbocycles. The van der Waals surface area contributed by atoms with E-state index in [0.29, 0.717) is 6.04 Å². The van der Waals surface area contributed by atoms with Crippen molar-refractivity contribution in [3.8, 4) is 0 Å². The smallest absolute Gasteiger partial charge is 0.156 e. The van der Waals surface area contributed by atoms with Gasteiger partial charge in [0.2, 0.25) is 0 Å². The van der Waals surface area contributed by atoms with Crippen LogP contribution >= 0.6 is 0 Å². The molecule has 0 saturated carbocycles. The molecule has 17 heavy (non-hydrogen) atoms. The van der Waals surface area contributed by atoms with Crippen LogP contribution in [-0.2, 0) is 7.05 Å². The zero-order chi connectivity index (χ0) is 11.7. The number of para-hydroxylation sites is 1. The molecule has 1 fully saturated rings. The van der Waals surface area contributed by atoms with Crippen molar-refractivity contribution in [2.24, 2.45) is 7.05 Å². The van der Waals surface area contributed by atoms with Gasteiger partial charge in [-0.25, -0.2) is 0 Å². The number of nitrogens with zero attached hydrogens (tertiary/aromatic N) is 2. The topological polar surface area (TPSA) is 41.9 Å². The number of rotatable bonds is 3. The zero-order valence-corrected chi connectivity index (χ0v) is 10.1. The van der Waals surface area contributed by atoms with E-state index in [1.54, 1.807) is 0 Å². The Morgan fingerprint density at radius 3 is 3.18 bits per heavy atom. The number of hydrogen-bond acceptors (Lipinski definition) is 3. The van der Waals surface area contributed by atoms with E-state index < -0.39 is 0 Å². The highest BCUT2D eigenvalue weighted by atomic mass is 15.3. The van der Waals surface area contributed by atoms with E-state index in [0.717, 1.165) is 18.9 Å². The number of hydrogen-bond donors (Lipinski definition) is 2. The molecule has 1 aliphatic heterocycles. The molecule has 3 rings (SSSR count). The minimum Gasteiger partial charge on any atom is -0.367 e. The second-order valence-electron chi connectivity index (χ2n) is 4.66. The maximum Gasteiger partial charge on any atom is 0.156 e. The predicted molar refractivity (Wildman–Crippen MR) is 70.2 cm³/mol. The van der Waals surface area contributed by atoms with Crippen molar-refractivity contribution in [3.63, 3.8) is 0 Å². The Morgan fingerprint density at radius 2 is 2.35 bits per heavy atom. The third-order valence-corrected chi connectivity index (χ3v) is 3.44. The molecule has 0 spiro atoms. The van der Waals surface area contributed by atoms with Crippen LogP contribution in [0.4, 0.5) is 5.82 Å². The fourth-order valence-electron chi connectivity index (χ4n) is 2.50. The van der Waals surface area contributed by atoms with Crippen LogP contribution in [0.2, 0.25) is 0 Å². The Hall–Kier alpha value is -1.55. The molecule has 2 heterocycles. The fraction of sp³-hybridized carbons (Fsp3) is 0.462. The van der Waals surface area contributed by atoms with Gasteiger partial charge < -0.3 is 10.6 Å². The second-order valence-corrected chi connectivity index (χ2v) is 4.66. The van der Waals surface area contributed by atoms with E-state index in [1.165, 1.54) is 23.7 Å². The first-order valence-corrected chi connectivity index (χ1v) is 6.23. The minimum absolute atomic E-state index is 0.593. The Bertz CT molecular complexity index is 511. The first-order valence-electron chi connectivity index (χ1n) is 6.23. The number of nitrogens with one attached hydrogen (secondary N) is 2. The number of fused-ring (bicyclic) bond motifs is 1. The molecule has 2 N–H and O–H groups in total. The highest BCUT2D eigenvalue weighted by molar-refractivity contribution is 5.90. The molecular weight excluding hydrogens is 212 g/mol. The lowest BCUT2D eigenvalue weighted by molar-refractivity contribution is 0.631. The van der Waals surface area contributed by atoms with Crippen LogP contribution in [-0.4, -0.2) is 28.9 Å². The van der Waals surface area contributed by atoms with E-state index in [9.17, 15) is 0 Å². The highest BCUT2D eigenvalue weighted by Crippen LogP contribution is 2.21. The Labute approximate surface area is 101 Å². The van der Waals surface area contributed by atoms with Gasteiger partial charge in [0.1, 0.15) is 0 Å². The van der Waals surface area contributed by atoms with Crippen molar-refractivity contribution in [1.82, 2.24) is 15.1 Å². The van der Waals surface area contributed by atoms with Gasteiger partial charge in [0.05, 0.1) is 5.52 Å². The lowest BCUT2D eigenvalue weighted by atomic mass is 10.2. The quantitative estimate of drug-likeness (QED) is 0.844. The molecule has 1 unspecified atom stereocenters. The van der Waals surface area contributed by atoms with Gasteiger partial charge in [-0.2, -0.15) is 5.10 Å². The molecule has 1 atom stereocenters. The summed E-state index contributed by atoms with van der Waals surface area (Å²) in [6, 6.07) is 8.92. The third kappa shape index (κ3) is 2.00. The molecule has 1 saturated heterocycles. The van der Waals surface area contributed by atoms with Gasteiger partial charge in [0.25, 0.3) is 0 Å². The molecule has 1 aliphatic rings. The highest BCUT2D eigenvalue weighted by Gasteiger charge is 2.14. The summed E-state index contributed by atoms with van der Waals surface area (Å²) in [5, 5.41) is 12.7. The summed E-state index contributed by atoms with van der Waals surface area (Å²) in [6.45, 7) is 2.11. The molecule has 0 bridgehead atoms. The van der Waals surface area contributed by atoms with E-state index in [1.807, 2.05) is 17.8 Å². The Balaban J connectivity index is 1.80. The second kappa shape index (κ2) is 4.37. The predicted octanol–water partition coefficient (Wildman–Crippen LogP) is 1.74. The molecule has 0 amide bonds. The maximum atomic E-state index is 4.53. The van der Waals surface area contributed by atoms with E-state index in [-0.39, 0.29) is 0 Å². The summed E-state index contributed by atoms with van der Waals surface area (Å²) in [7, 11) is 1.99. The normalized spacial score (nSPS) is 19.9. The van der Waals surface area contributed by atoms with Crippen molar-refractivity contribution in [3.05, 3.63) is 24.3 Å². The molecular formula is C13H18N4. The minimum atomic E-state index is 0.593. The van der Waals surface area contributed by atoms with Gasteiger partial charge in [-0.1, -0.05) is 12.1 Å². The van der Waals surface area contributed by atoms with Gasteiger partial charge in [-0.05, 0) is 31.5 Å². The number of benzene rings is 1. The lowest BCUT2D eigenvalue weighted by Crippen LogP contribution is -2.29. The number of aromatic nitrogens is 2. The molecule has 4 heteroatoms. The summed E-state index contributed by atoms with van der Waals surface area (Å²) < 4.78 is 1.93. The van der Waals surface area contributed by atoms with Crippen LogP contribution in [0.25, 0.3) is 10.9 Å². The molecule has 0 aliphatic carbocycles. The summed E-state index contributed by atoms with van der Waals surface area (Å²) in [4.78, 5) is 0. The molecule has 2 aromatic rings. The largest absolute Gasteiger partial charge is 0.367 e. The first-order chi connectivity index (χ1) is 8.34. The standard InChI is InChI=1S/C13H18N4/c1-17-12-7-3-2-6-11(12)13(16-17)15-9-10-5-4-8-14-10/h2-3,6-7,10,14H,4-5,8-9H2,1H3,(H,15,16). The zero-order valence-electron chi connectivity index (χ0n) is 10.1. The van der Waals surface area contributed by atoms with Crippen LogP contribution in [0.5, 0.6) is 0 Å². The summed E-state index contributed by atoms with van der Waals surface area (Å²) >= 11 is 0. The SMILES string of the molecule is Cn1nc(NCC2CCCN2)c2ccccc21. The van der Waals surface area contributed by atoms with E-state index >= 15 is 0 Å². The van der Waals surface area contributed by atoms with Gasteiger partial charge in [0, 0.05) is 25.0 Å². The number of anilines is 1. The van der Waals surface area contributed by atoms with Crippen molar-refractivity contribution < 1.29 is 0 Å². The maximum absolute atomic E-state index is 4.53. The average Bonchev–Trinajstić information content (AvgIpc) is 2.96. The average molecular weight is 230 g/mol. The van der Waals surface area contributed by atoms with Crippen molar-refractivity contribution in [1.29, 1.82) is 0 Å². The first kappa shape index (κ1) is 10.6. The molecule has 0 radical (unpaired) electrons. The van der Waals surface area contributed by atoms with Gasteiger partial charge in [-0.3, -0.25) is 4.68 Å². The van der Waals surface area contributed by atoms with Crippen LogP contribution in [0, 0.1) is 0 Å². The van der Waals surface area contributed by atoms with Crippen LogP contribution < -0.4 is 10.6 Å².